The summed E-state index contributed by atoms with van der Waals surface area (Å²) in [6, 6.07) is 10.8. The molecule has 5 heteroatoms. The van der Waals surface area contributed by atoms with E-state index in [2.05, 4.69) is 57.0 Å². The summed E-state index contributed by atoms with van der Waals surface area (Å²) in [5, 5.41) is 8.76. The first-order chi connectivity index (χ1) is 10.7. The highest BCUT2D eigenvalue weighted by Crippen LogP contribution is 2.39. The van der Waals surface area contributed by atoms with Crippen molar-refractivity contribution >= 4 is 0 Å². The highest BCUT2D eigenvalue weighted by Gasteiger charge is 2.33. The molecule has 1 saturated heterocycles. The molecule has 1 aromatic carbocycles. The number of aromatic nitrogens is 3. The van der Waals surface area contributed by atoms with Gasteiger partial charge >= 0.3 is 0 Å². The van der Waals surface area contributed by atoms with E-state index in [1.165, 1.54) is 18.4 Å². The second-order valence-electron chi connectivity index (χ2n) is 6.68. The Morgan fingerprint density at radius 1 is 1.14 bits per heavy atom. The maximum Gasteiger partial charge on any atom is 0.146 e. The van der Waals surface area contributed by atoms with Gasteiger partial charge in [0.25, 0.3) is 0 Å². The average molecular weight is 297 g/mol. The van der Waals surface area contributed by atoms with E-state index < -0.39 is 0 Å². The van der Waals surface area contributed by atoms with Gasteiger partial charge in [-0.15, -0.1) is 10.2 Å². The molecule has 116 valence electrons. The normalized spacial score (nSPS) is 25.7. The minimum absolute atomic E-state index is 0.193. The molecule has 4 rings (SSSR count). The summed E-state index contributed by atoms with van der Waals surface area (Å²) in [6.45, 7) is 2.76. The van der Waals surface area contributed by atoms with E-state index in [0.29, 0.717) is 11.8 Å². The van der Waals surface area contributed by atoms with Gasteiger partial charge < -0.3 is 10.3 Å². The first kappa shape index (κ1) is 13.9. The SMILES string of the molecule is Cn1c(CN2C[C@@H](N)[C@H](c3ccccc3)C2)nnc1C1CC1. The summed E-state index contributed by atoms with van der Waals surface area (Å²) < 4.78 is 2.18. The molecule has 0 spiro atoms. The zero-order valence-electron chi connectivity index (χ0n) is 13.0. The minimum atomic E-state index is 0.193. The lowest BCUT2D eigenvalue weighted by atomic mass is 9.95. The number of hydrogen-bond donors (Lipinski definition) is 1. The summed E-state index contributed by atoms with van der Waals surface area (Å²) in [6.07, 6.45) is 2.52. The molecule has 22 heavy (non-hydrogen) atoms. The molecule has 1 saturated carbocycles. The van der Waals surface area contributed by atoms with Crippen LogP contribution in [0, 0.1) is 0 Å². The first-order valence-electron chi connectivity index (χ1n) is 8.13. The van der Waals surface area contributed by atoms with Crippen molar-refractivity contribution in [1.29, 1.82) is 0 Å². The highest BCUT2D eigenvalue weighted by molar-refractivity contribution is 5.23. The zero-order chi connectivity index (χ0) is 15.1. The molecular weight excluding hydrogens is 274 g/mol. The van der Waals surface area contributed by atoms with E-state index >= 15 is 0 Å². The fourth-order valence-corrected chi connectivity index (χ4v) is 3.51. The van der Waals surface area contributed by atoms with E-state index in [1.54, 1.807) is 0 Å². The van der Waals surface area contributed by atoms with Crippen LogP contribution in [-0.2, 0) is 13.6 Å². The predicted octanol–water partition coefficient (Wildman–Crippen LogP) is 1.62. The van der Waals surface area contributed by atoms with Crippen LogP contribution >= 0.6 is 0 Å². The van der Waals surface area contributed by atoms with E-state index in [-0.39, 0.29) is 6.04 Å². The molecule has 0 bridgehead atoms. The zero-order valence-corrected chi connectivity index (χ0v) is 13.0. The molecule has 2 fully saturated rings. The maximum atomic E-state index is 6.37. The van der Waals surface area contributed by atoms with E-state index in [4.69, 9.17) is 5.73 Å². The third-order valence-corrected chi connectivity index (χ3v) is 4.97. The van der Waals surface area contributed by atoms with Crippen LogP contribution < -0.4 is 5.73 Å². The minimum Gasteiger partial charge on any atom is -0.326 e. The van der Waals surface area contributed by atoms with Crippen molar-refractivity contribution in [2.75, 3.05) is 13.1 Å². The standard InChI is InChI=1S/C17H23N5/c1-21-16(19-20-17(21)13-7-8-13)11-22-9-14(15(18)10-22)12-5-3-2-4-6-12/h2-6,13-15H,7-11,18H2,1H3/t14-,15+/m0/s1. The Labute approximate surface area is 131 Å². The van der Waals surface area contributed by atoms with Crippen LogP contribution in [0.15, 0.2) is 30.3 Å². The predicted molar refractivity (Wildman–Crippen MR) is 85.4 cm³/mol. The van der Waals surface area contributed by atoms with Gasteiger partial charge in [-0.25, -0.2) is 0 Å². The van der Waals surface area contributed by atoms with Gasteiger partial charge in [0, 0.05) is 38.0 Å². The van der Waals surface area contributed by atoms with Crippen molar-refractivity contribution in [2.24, 2.45) is 12.8 Å². The van der Waals surface area contributed by atoms with Gasteiger partial charge in [-0.3, -0.25) is 4.90 Å². The van der Waals surface area contributed by atoms with Crippen molar-refractivity contribution < 1.29 is 0 Å². The summed E-state index contributed by atoms with van der Waals surface area (Å²) in [5.74, 6) is 3.27. The van der Waals surface area contributed by atoms with Crippen LogP contribution in [0.5, 0.6) is 0 Å². The Kier molecular flexibility index (Phi) is 3.47. The van der Waals surface area contributed by atoms with Gasteiger partial charge in [0.15, 0.2) is 0 Å². The number of nitrogens with zero attached hydrogens (tertiary/aromatic N) is 4. The molecule has 1 aliphatic heterocycles. The quantitative estimate of drug-likeness (QED) is 0.931. The van der Waals surface area contributed by atoms with Crippen molar-refractivity contribution in [3.05, 3.63) is 47.5 Å². The Balaban J connectivity index is 1.46. The summed E-state index contributed by atoms with van der Waals surface area (Å²) in [5.41, 5.74) is 7.71. The Bertz CT molecular complexity index is 646. The highest BCUT2D eigenvalue weighted by atomic mass is 15.3. The molecule has 0 unspecified atom stereocenters. The lowest BCUT2D eigenvalue weighted by Crippen LogP contribution is -2.29. The van der Waals surface area contributed by atoms with E-state index in [1.807, 2.05) is 0 Å². The van der Waals surface area contributed by atoms with Crippen molar-refractivity contribution in [2.45, 2.75) is 37.3 Å². The van der Waals surface area contributed by atoms with Crippen LogP contribution in [0.3, 0.4) is 0 Å². The Morgan fingerprint density at radius 3 is 2.64 bits per heavy atom. The molecule has 0 amide bonds. The number of likely N-dealkylation sites (tertiary alicyclic amines) is 1. The third-order valence-electron chi connectivity index (χ3n) is 4.97. The summed E-state index contributed by atoms with van der Waals surface area (Å²) in [7, 11) is 2.09. The lowest BCUT2D eigenvalue weighted by molar-refractivity contribution is 0.311. The molecule has 2 aliphatic rings. The molecule has 0 radical (unpaired) electrons. The monoisotopic (exact) mass is 297 g/mol. The van der Waals surface area contributed by atoms with Gasteiger partial charge in [-0.1, -0.05) is 30.3 Å². The van der Waals surface area contributed by atoms with Gasteiger partial charge in [0.1, 0.15) is 11.6 Å². The second-order valence-corrected chi connectivity index (χ2v) is 6.68. The number of nitrogens with two attached hydrogens (primary N) is 1. The number of rotatable bonds is 4. The van der Waals surface area contributed by atoms with Crippen LogP contribution in [0.2, 0.25) is 0 Å². The lowest BCUT2D eigenvalue weighted by Gasteiger charge is -2.15. The van der Waals surface area contributed by atoms with Crippen LogP contribution in [0.25, 0.3) is 0 Å². The Hall–Kier alpha value is -1.72. The van der Waals surface area contributed by atoms with Gasteiger partial charge in [0.05, 0.1) is 6.54 Å². The van der Waals surface area contributed by atoms with Gasteiger partial charge in [-0.2, -0.15) is 0 Å². The van der Waals surface area contributed by atoms with Gasteiger partial charge in [-0.05, 0) is 18.4 Å². The second kappa shape index (κ2) is 5.48. The smallest absolute Gasteiger partial charge is 0.146 e. The molecule has 2 heterocycles. The van der Waals surface area contributed by atoms with Crippen molar-refractivity contribution in [3.63, 3.8) is 0 Å². The average Bonchev–Trinajstić information content (AvgIpc) is 3.22. The molecule has 1 aromatic heterocycles. The molecule has 2 aromatic rings. The fourth-order valence-electron chi connectivity index (χ4n) is 3.51. The van der Waals surface area contributed by atoms with E-state index in [9.17, 15) is 0 Å². The molecule has 2 N–H and O–H groups in total. The maximum absolute atomic E-state index is 6.37. The number of benzene rings is 1. The van der Waals surface area contributed by atoms with Crippen molar-refractivity contribution in [3.8, 4) is 0 Å². The molecule has 1 aliphatic carbocycles. The fraction of sp³-hybridized carbons (Fsp3) is 0.529. The summed E-state index contributed by atoms with van der Waals surface area (Å²) >= 11 is 0. The van der Waals surface area contributed by atoms with Crippen LogP contribution in [0.1, 0.15) is 41.9 Å². The topological polar surface area (TPSA) is 60.0 Å². The first-order valence-corrected chi connectivity index (χ1v) is 8.13. The van der Waals surface area contributed by atoms with E-state index in [0.717, 1.165) is 31.3 Å². The van der Waals surface area contributed by atoms with Crippen molar-refractivity contribution in [1.82, 2.24) is 19.7 Å². The van der Waals surface area contributed by atoms with Gasteiger partial charge in [0.2, 0.25) is 0 Å². The summed E-state index contributed by atoms with van der Waals surface area (Å²) in [4.78, 5) is 2.41. The largest absolute Gasteiger partial charge is 0.326 e. The van der Waals surface area contributed by atoms with Crippen LogP contribution in [-0.4, -0.2) is 38.8 Å². The number of hydrogen-bond acceptors (Lipinski definition) is 4. The Morgan fingerprint density at radius 2 is 1.91 bits per heavy atom. The molecule has 5 nitrogen and oxygen atoms in total. The van der Waals surface area contributed by atoms with Crippen LogP contribution in [0.4, 0.5) is 0 Å². The molecular formula is C17H23N5. The third kappa shape index (κ3) is 2.55. The molecule has 2 atom stereocenters.